The maximum atomic E-state index is 12.0. The second-order valence-electron chi connectivity index (χ2n) is 5.65. The van der Waals surface area contributed by atoms with Crippen LogP contribution in [0.2, 0.25) is 0 Å². The molecule has 2 aromatic carbocycles. The van der Waals surface area contributed by atoms with Gasteiger partial charge in [0.1, 0.15) is 0 Å². The molecule has 0 spiro atoms. The highest BCUT2D eigenvalue weighted by Gasteiger charge is 2.09. The van der Waals surface area contributed by atoms with E-state index in [2.05, 4.69) is 16.0 Å². The molecule has 3 aromatic rings. The van der Waals surface area contributed by atoms with Crippen LogP contribution in [0.15, 0.2) is 77.4 Å². The number of rotatable bonds is 7. The summed E-state index contributed by atoms with van der Waals surface area (Å²) in [4.78, 5) is 24.0. The number of hydrogen-bond donors (Lipinski definition) is 3. The van der Waals surface area contributed by atoms with Crippen molar-refractivity contribution in [2.45, 2.75) is 6.54 Å². The Bertz CT molecular complexity index is 861. The standard InChI is InChI=1S/C20H19N3O3/c24-19(14-21-13-15-6-2-1-3-7-15)22-16-8-4-9-17(12-16)23-20(25)18-10-5-11-26-18/h1-12,21H,13-14H2,(H,22,24)(H,23,25). The lowest BCUT2D eigenvalue weighted by Crippen LogP contribution is -2.27. The van der Waals surface area contributed by atoms with Gasteiger partial charge < -0.3 is 20.4 Å². The van der Waals surface area contributed by atoms with Crippen molar-refractivity contribution in [3.8, 4) is 0 Å². The Labute approximate surface area is 151 Å². The topological polar surface area (TPSA) is 83.4 Å². The smallest absolute Gasteiger partial charge is 0.291 e. The van der Waals surface area contributed by atoms with Crippen LogP contribution < -0.4 is 16.0 Å². The number of furan rings is 1. The summed E-state index contributed by atoms with van der Waals surface area (Å²) < 4.78 is 5.05. The van der Waals surface area contributed by atoms with Gasteiger partial charge in [0, 0.05) is 17.9 Å². The van der Waals surface area contributed by atoms with Crippen molar-refractivity contribution in [2.75, 3.05) is 17.2 Å². The number of carbonyl (C=O) groups is 2. The molecule has 1 heterocycles. The quantitative estimate of drug-likeness (QED) is 0.611. The van der Waals surface area contributed by atoms with E-state index in [1.165, 1.54) is 6.26 Å². The lowest BCUT2D eigenvalue weighted by molar-refractivity contribution is -0.115. The summed E-state index contributed by atoms with van der Waals surface area (Å²) >= 11 is 0. The van der Waals surface area contributed by atoms with Gasteiger partial charge in [-0.1, -0.05) is 36.4 Å². The molecule has 0 radical (unpaired) electrons. The van der Waals surface area contributed by atoms with Crippen molar-refractivity contribution >= 4 is 23.2 Å². The third-order valence-electron chi connectivity index (χ3n) is 3.61. The molecule has 0 aliphatic rings. The third-order valence-corrected chi connectivity index (χ3v) is 3.61. The van der Waals surface area contributed by atoms with E-state index in [1.54, 1.807) is 36.4 Å². The summed E-state index contributed by atoms with van der Waals surface area (Å²) in [6.45, 7) is 0.811. The van der Waals surface area contributed by atoms with Crippen LogP contribution in [0.1, 0.15) is 16.1 Å². The number of hydrogen-bond acceptors (Lipinski definition) is 4. The number of nitrogens with one attached hydrogen (secondary N) is 3. The van der Waals surface area contributed by atoms with Gasteiger partial charge in [-0.25, -0.2) is 0 Å². The van der Waals surface area contributed by atoms with Crippen LogP contribution >= 0.6 is 0 Å². The summed E-state index contributed by atoms with van der Waals surface area (Å²) in [6, 6.07) is 20.0. The van der Waals surface area contributed by atoms with Gasteiger partial charge in [0.2, 0.25) is 5.91 Å². The fraction of sp³-hybridized carbons (Fsp3) is 0.100. The molecule has 3 N–H and O–H groups in total. The molecule has 3 rings (SSSR count). The molecular formula is C20H19N3O3. The van der Waals surface area contributed by atoms with Gasteiger partial charge in [-0.2, -0.15) is 0 Å². The minimum absolute atomic E-state index is 0.157. The maximum absolute atomic E-state index is 12.0. The van der Waals surface area contributed by atoms with E-state index in [0.29, 0.717) is 17.9 Å². The van der Waals surface area contributed by atoms with Gasteiger partial charge in [-0.05, 0) is 35.9 Å². The molecule has 1 aromatic heterocycles. The molecule has 0 saturated heterocycles. The molecule has 26 heavy (non-hydrogen) atoms. The van der Waals surface area contributed by atoms with Crippen molar-refractivity contribution in [1.29, 1.82) is 0 Å². The summed E-state index contributed by atoms with van der Waals surface area (Å²) in [7, 11) is 0. The van der Waals surface area contributed by atoms with Crippen molar-refractivity contribution in [3.05, 3.63) is 84.3 Å². The van der Waals surface area contributed by atoms with Gasteiger partial charge in [0.05, 0.1) is 12.8 Å². The zero-order valence-corrected chi connectivity index (χ0v) is 14.1. The zero-order chi connectivity index (χ0) is 18.2. The van der Waals surface area contributed by atoms with Crippen LogP contribution in [-0.4, -0.2) is 18.4 Å². The van der Waals surface area contributed by atoms with E-state index in [4.69, 9.17) is 4.42 Å². The molecule has 132 valence electrons. The van der Waals surface area contributed by atoms with E-state index in [9.17, 15) is 9.59 Å². The first kappa shape index (κ1) is 17.4. The zero-order valence-electron chi connectivity index (χ0n) is 14.1. The minimum atomic E-state index is -0.344. The van der Waals surface area contributed by atoms with Crippen LogP contribution in [0, 0.1) is 0 Å². The summed E-state index contributed by atoms with van der Waals surface area (Å²) in [6.07, 6.45) is 1.44. The van der Waals surface area contributed by atoms with Crippen LogP contribution in [0.4, 0.5) is 11.4 Å². The monoisotopic (exact) mass is 349 g/mol. The molecule has 0 unspecified atom stereocenters. The number of carbonyl (C=O) groups excluding carboxylic acids is 2. The highest BCUT2D eigenvalue weighted by molar-refractivity contribution is 6.02. The molecule has 6 heteroatoms. The van der Waals surface area contributed by atoms with Crippen LogP contribution in [0.5, 0.6) is 0 Å². The minimum Gasteiger partial charge on any atom is -0.459 e. The second kappa shape index (κ2) is 8.64. The van der Waals surface area contributed by atoms with Gasteiger partial charge in [-0.15, -0.1) is 0 Å². The van der Waals surface area contributed by atoms with Gasteiger partial charge in [-0.3, -0.25) is 9.59 Å². The Morgan fingerprint density at radius 3 is 2.35 bits per heavy atom. The van der Waals surface area contributed by atoms with Crippen LogP contribution in [0.25, 0.3) is 0 Å². The lowest BCUT2D eigenvalue weighted by Gasteiger charge is -2.09. The third kappa shape index (κ3) is 5.06. The predicted octanol–water partition coefficient (Wildman–Crippen LogP) is 3.26. The average Bonchev–Trinajstić information content (AvgIpc) is 3.18. The lowest BCUT2D eigenvalue weighted by atomic mass is 10.2. The van der Waals surface area contributed by atoms with Gasteiger partial charge in [0.15, 0.2) is 5.76 Å². The first-order valence-electron chi connectivity index (χ1n) is 8.20. The fourth-order valence-corrected chi connectivity index (χ4v) is 2.40. The SMILES string of the molecule is O=C(CNCc1ccccc1)Nc1cccc(NC(=O)c2ccco2)c1. The van der Waals surface area contributed by atoms with Crippen molar-refractivity contribution in [3.63, 3.8) is 0 Å². The Kier molecular flexibility index (Phi) is 5.80. The Balaban J connectivity index is 1.50. The highest BCUT2D eigenvalue weighted by atomic mass is 16.3. The first-order valence-corrected chi connectivity index (χ1v) is 8.20. The number of benzene rings is 2. The maximum Gasteiger partial charge on any atom is 0.291 e. The van der Waals surface area contributed by atoms with Crippen molar-refractivity contribution < 1.29 is 14.0 Å². The Hall–Kier alpha value is -3.38. The van der Waals surface area contributed by atoms with E-state index in [0.717, 1.165) is 5.56 Å². The van der Waals surface area contributed by atoms with Crippen LogP contribution in [0.3, 0.4) is 0 Å². The van der Waals surface area contributed by atoms with Gasteiger partial charge in [0.25, 0.3) is 5.91 Å². The van der Waals surface area contributed by atoms with E-state index >= 15 is 0 Å². The van der Waals surface area contributed by atoms with E-state index in [1.807, 2.05) is 30.3 Å². The normalized spacial score (nSPS) is 10.3. The highest BCUT2D eigenvalue weighted by Crippen LogP contribution is 2.16. The summed E-state index contributed by atoms with van der Waals surface area (Å²) in [5.74, 6) is -0.275. The van der Waals surface area contributed by atoms with Crippen molar-refractivity contribution in [1.82, 2.24) is 5.32 Å². The first-order chi connectivity index (χ1) is 12.7. The molecule has 6 nitrogen and oxygen atoms in total. The Morgan fingerprint density at radius 2 is 1.62 bits per heavy atom. The molecule has 0 atom stereocenters. The molecule has 0 aliphatic carbocycles. The molecule has 0 bridgehead atoms. The summed E-state index contributed by atoms with van der Waals surface area (Å²) in [5, 5.41) is 8.62. The van der Waals surface area contributed by atoms with Gasteiger partial charge >= 0.3 is 0 Å². The average molecular weight is 349 g/mol. The molecule has 0 fully saturated rings. The number of anilines is 2. The van der Waals surface area contributed by atoms with E-state index < -0.39 is 0 Å². The molecule has 0 saturated carbocycles. The predicted molar refractivity (Wildman–Crippen MR) is 99.9 cm³/mol. The molecule has 0 aliphatic heterocycles. The Morgan fingerprint density at radius 1 is 0.846 bits per heavy atom. The van der Waals surface area contributed by atoms with Crippen molar-refractivity contribution in [2.24, 2.45) is 0 Å². The van der Waals surface area contributed by atoms with E-state index in [-0.39, 0.29) is 24.1 Å². The summed E-state index contributed by atoms with van der Waals surface area (Å²) in [5.41, 5.74) is 2.29. The number of amides is 2. The fourth-order valence-electron chi connectivity index (χ4n) is 2.40. The van der Waals surface area contributed by atoms with Crippen LogP contribution in [-0.2, 0) is 11.3 Å². The molecule has 2 amide bonds. The molecular weight excluding hydrogens is 330 g/mol. The largest absolute Gasteiger partial charge is 0.459 e. The second-order valence-corrected chi connectivity index (χ2v) is 5.65.